The van der Waals surface area contributed by atoms with Crippen LogP contribution < -0.4 is 4.90 Å². The molecule has 1 saturated heterocycles. The molecule has 1 aliphatic heterocycles. The molecule has 1 aliphatic rings. The second-order valence-corrected chi connectivity index (χ2v) is 8.75. The van der Waals surface area contributed by atoms with Gasteiger partial charge in [-0.05, 0) is 43.4 Å². The highest BCUT2D eigenvalue weighted by molar-refractivity contribution is 7.18. The summed E-state index contributed by atoms with van der Waals surface area (Å²) in [6, 6.07) is 18.3. The summed E-state index contributed by atoms with van der Waals surface area (Å²) < 4.78 is 1.18. The van der Waals surface area contributed by atoms with Gasteiger partial charge in [-0.2, -0.15) is 0 Å². The Morgan fingerprint density at radius 3 is 2.68 bits per heavy atom. The van der Waals surface area contributed by atoms with Crippen molar-refractivity contribution in [3.05, 3.63) is 82.6 Å². The smallest absolute Gasteiger partial charge is 0.339 e. The first-order valence-corrected chi connectivity index (χ1v) is 11.3. The number of rotatable bonds is 6. The van der Waals surface area contributed by atoms with Crippen LogP contribution in [0.1, 0.15) is 45.5 Å². The van der Waals surface area contributed by atoms with Gasteiger partial charge in [0.1, 0.15) is 5.01 Å². The topological polar surface area (TPSA) is 79.2 Å². The molecule has 6 nitrogen and oxygen atoms in total. The lowest BCUT2D eigenvalue weighted by atomic mass is 10.1. The average molecular weight is 431 g/mol. The van der Waals surface area contributed by atoms with Gasteiger partial charge in [0.15, 0.2) is 0 Å². The molecular weight excluding hydrogens is 408 g/mol. The molecule has 31 heavy (non-hydrogen) atoms. The van der Waals surface area contributed by atoms with E-state index in [9.17, 15) is 9.90 Å². The van der Waals surface area contributed by atoms with Crippen molar-refractivity contribution in [1.29, 1.82) is 0 Å². The van der Waals surface area contributed by atoms with E-state index in [0.717, 1.165) is 41.9 Å². The second-order valence-electron chi connectivity index (χ2n) is 7.69. The summed E-state index contributed by atoms with van der Waals surface area (Å²) in [5.74, 6) is -0.395. The molecule has 0 saturated carbocycles. The van der Waals surface area contributed by atoms with Crippen molar-refractivity contribution >= 4 is 33.5 Å². The Balaban J connectivity index is 1.45. The highest BCUT2D eigenvalue weighted by Gasteiger charge is 2.31. The van der Waals surface area contributed by atoms with E-state index in [0.29, 0.717) is 18.1 Å². The SMILES string of the molecule is O=C(O)c1cnc(N2CCCC2c2nc3ccccc3s2)nc1CCc1ccccc1. The normalized spacial score (nSPS) is 16.1. The fraction of sp³-hybridized carbons (Fsp3) is 0.250. The molecule has 156 valence electrons. The van der Waals surface area contributed by atoms with Crippen LogP contribution in [0, 0.1) is 0 Å². The Morgan fingerprint density at radius 2 is 1.87 bits per heavy atom. The summed E-state index contributed by atoms with van der Waals surface area (Å²) in [6.45, 7) is 0.838. The zero-order valence-corrected chi connectivity index (χ0v) is 17.8. The first kappa shape index (κ1) is 19.6. The number of thiazole rings is 1. The van der Waals surface area contributed by atoms with Crippen LogP contribution in [0.3, 0.4) is 0 Å². The van der Waals surface area contributed by atoms with Crippen molar-refractivity contribution < 1.29 is 9.90 Å². The number of hydrogen-bond donors (Lipinski definition) is 1. The quantitative estimate of drug-likeness (QED) is 0.468. The first-order valence-electron chi connectivity index (χ1n) is 10.4. The van der Waals surface area contributed by atoms with Gasteiger partial charge in [0.2, 0.25) is 5.95 Å². The van der Waals surface area contributed by atoms with Crippen LogP contribution in [-0.4, -0.2) is 32.6 Å². The first-order chi connectivity index (χ1) is 15.2. The lowest BCUT2D eigenvalue weighted by molar-refractivity contribution is 0.0694. The molecule has 0 bridgehead atoms. The standard InChI is InChI=1S/C24H22N4O2S/c29-23(30)17-15-25-24(27-18(17)13-12-16-7-2-1-3-8-16)28-14-6-10-20(28)22-26-19-9-4-5-11-21(19)31-22/h1-5,7-9,11,15,20H,6,10,12-14H2,(H,29,30). The highest BCUT2D eigenvalue weighted by atomic mass is 32.1. The molecule has 1 atom stereocenters. The number of aryl methyl sites for hydroxylation is 2. The lowest BCUT2D eigenvalue weighted by Gasteiger charge is -2.23. The Kier molecular flexibility index (Phi) is 5.34. The summed E-state index contributed by atoms with van der Waals surface area (Å²) in [4.78, 5) is 27.9. The summed E-state index contributed by atoms with van der Waals surface area (Å²) in [5.41, 5.74) is 2.93. The number of aromatic nitrogens is 3. The van der Waals surface area contributed by atoms with E-state index in [1.165, 1.54) is 10.9 Å². The van der Waals surface area contributed by atoms with Crippen molar-refractivity contribution in [1.82, 2.24) is 15.0 Å². The zero-order chi connectivity index (χ0) is 21.2. The van der Waals surface area contributed by atoms with Gasteiger partial charge in [0.05, 0.1) is 27.5 Å². The number of carboxylic acid groups (broad SMARTS) is 1. The molecular formula is C24H22N4O2S. The molecule has 2 aromatic heterocycles. The number of para-hydroxylation sites is 1. The van der Waals surface area contributed by atoms with E-state index in [4.69, 9.17) is 9.97 Å². The molecule has 4 aromatic rings. The Morgan fingerprint density at radius 1 is 1.06 bits per heavy atom. The fourth-order valence-electron chi connectivity index (χ4n) is 4.12. The molecule has 7 heteroatoms. The van der Waals surface area contributed by atoms with Crippen LogP contribution in [0.2, 0.25) is 0 Å². The summed E-state index contributed by atoms with van der Waals surface area (Å²) in [6.07, 6.45) is 4.77. The van der Waals surface area contributed by atoms with E-state index in [-0.39, 0.29) is 11.6 Å². The molecule has 3 heterocycles. The maximum absolute atomic E-state index is 11.7. The number of fused-ring (bicyclic) bond motifs is 1. The van der Waals surface area contributed by atoms with Crippen molar-refractivity contribution in [3.8, 4) is 0 Å². The number of aromatic carboxylic acids is 1. The van der Waals surface area contributed by atoms with Crippen LogP contribution >= 0.6 is 11.3 Å². The fourth-order valence-corrected chi connectivity index (χ4v) is 5.23. The molecule has 5 rings (SSSR count). The van der Waals surface area contributed by atoms with E-state index < -0.39 is 5.97 Å². The minimum Gasteiger partial charge on any atom is -0.478 e. The zero-order valence-electron chi connectivity index (χ0n) is 16.9. The lowest BCUT2D eigenvalue weighted by Crippen LogP contribution is -2.25. The molecule has 0 radical (unpaired) electrons. The third-order valence-electron chi connectivity index (χ3n) is 5.68. The predicted octanol–water partition coefficient (Wildman–Crippen LogP) is 4.91. The van der Waals surface area contributed by atoms with Crippen LogP contribution in [0.25, 0.3) is 10.2 Å². The van der Waals surface area contributed by atoms with E-state index in [1.807, 2.05) is 48.5 Å². The maximum atomic E-state index is 11.7. The van der Waals surface area contributed by atoms with Gasteiger partial charge in [0, 0.05) is 12.7 Å². The third kappa shape index (κ3) is 4.01. The third-order valence-corrected chi connectivity index (χ3v) is 6.82. The number of nitrogens with zero attached hydrogens (tertiary/aromatic N) is 4. The van der Waals surface area contributed by atoms with E-state index in [1.54, 1.807) is 11.3 Å². The van der Waals surface area contributed by atoms with Crippen molar-refractivity contribution in [3.63, 3.8) is 0 Å². The van der Waals surface area contributed by atoms with Crippen molar-refractivity contribution in [2.24, 2.45) is 0 Å². The number of anilines is 1. The number of carboxylic acids is 1. The monoisotopic (exact) mass is 430 g/mol. The van der Waals surface area contributed by atoms with Gasteiger partial charge in [-0.3, -0.25) is 0 Å². The maximum Gasteiger partial charge on any atom is 0.339 e. The van der Waals surface area contributed by atoms with Gasteiger partial charge in [0.25, 0.3) is 0 Å². The molecule has 2 aromatic carbocycles. The Labute approximate surface area is 184 Å². The number of carbonyl (C=O) groups is 1. The van der Waals surface area contributed by atoms with Crippen LogP contribution in [0.5, 0.6) is 0 Å². The van der Waals surface area contributed by atoms with Gasteiger partial charge in [-0.25, -0.2) is 19.7 Å². The minimum atomic E-state index is -0.987. The van der Waals surface area contributed by atoms with Gasteiger partial charge >= 0.3 is 5.97 Å². The van der Waals surface area contributed by atoms with E-state index in [2.05, 4.69) is 16.0 Å². The van der Waals surface area contributed by atoms with Crippen LogP contribution in [0.15, 0.2) is 60.8 Å². The van der Waals surface area contributed by atoms with Crippen molar-refractivity contribution in [2.75, 3.05) is 11.4 Å². The summed E-state index contributed by atoms with van der Waals surface area (Å²) >= 11 is 1.71. The minimum absolute atomic E-state index is 0.120. The number of hydrogen-bond acceptors (Lipinski definition) is 6. The summed E-state index contributed by atoms with van der Waals surface area (Å²) in [5, 5.41) is 10.7. The molecule has 1 N–H and O–H groups in total. The van der Waals surface area contributed by atoms with Gasteiger partial charge in [-0.1, -0.05) is 42.5 Å². The molecule has 0 aliphatic carbocycles. The largest absolute Gasteiger partial charge is 0.478 e. The molecule has 1 fully saturated rings. The average Bonchev–Trinajstić information content (AvgIpc) is 3.45. The summed E-state index contributed by atoms with van der Waals surface area (Å²) in [7, 11) is 0. The van der Waals surface area contributed by atoms with Gasteiger partial charge < -0.3 is 10.0 Å². The van der Waals surface area contributed by atoms with Crippen molar-refractivity contribution in [2.45, 2.75) is 31.7 Å². The Hall–Kier alpha value is -3.32. The predicted molar refractivity (Wildman–Crippen MR) is 122 cm³/mol. The Bertz CT molecular complexity index is 1190. The second kappa shape index (κ2) is 8.43. The molecule has 1 unspecified atom stereocenters. The van der Waals surface area contributed by atoms with Gasteiger partial charge in [-0.15, -0.1) is 11.3 Å². The van der Waals surface area contributed by atoms with Crippen LogP contribution in [-0.2, 0) is 12.8 Å². The number of benzene rings is 2. The van der Waals surface area contributed by atoms with Crippen LogP contribution in [0.4, 0.5) is 5.95 Å². The highest BCUT2D eigenvalue weighted by Crippen LogP contribution is 2.38. The van der Waals surface area contributed by atoms with E-state index >= 15 is 0 Å². The molecule has 0 amide bonds. The molecule has 0 spiro atoms.